The number of pyridine rings is 1. The van der Waals surface area contributed by atoms with Crippen LogP contribution in [0.1, 0.15) is 12.1 Å². The number of nitrogen functional groups attached to an aromatic ring is 1. The van der Waals surface area contributed by atoms with Crippen LogP contribution in [0.2, 0.25) is 0 Å². The summed E-state index contributed by atoms with van der Waals surface area (Å²) in [6.45, 7) is 7.07. The summed E-state index contributed by atoms with van der Waals surface area (Å²) in [5, 5.41) is 0. The van der Waals surface area contributed by atoms with Crippen LogP contribution in [0.25, 0.3) is 0 Å². The molecule has 2 fully saturated rings. The van der Waals surface area contributed by atoms with E-state index in [2.05, 4.69) is 20.2 Å². The topological polar surface area (TPSA) is 66.7 Å². The molecule has 6 heteroatoms. The molecule has 1 aromatic rings. The molecule has 3 heterocycles. The van der Waals surface area contributed by atoms with Crippen LogP contribution >= 0.6 is 0 Å². The molecule has 1 aromatic heterocycles. The molecule has 2 saturated heterocycles. The number of hydrazine groups is 1. The van der Waals surface area contributed by atoms with E-state index in [9.17, 15) is 0 Å². The molecule has 0 radical (unpaired) electrons. The molecule has 3 rings (SSSR count). The summed E-state index contributed by atoms with van der Waals surface area (Å²) in [6, 6.07) is 4.57. The average molecular weight is 277 g/mol. The minimum Gasteiger partial charge on any atom is -0.379 e. The Morgan fingerprint density at radius 3 is 3.00 bits per heavy atom. The van der Waals surface area contributed by atoms with Crippen LogP contribution in [0.4, 0.5) is 5.69 Å². The number of hydrogen-bond donors (Lipinski definition) is 2. The Balaban J connectivity index is 1.54. The lowest BCUT2D eigenvalue weighted by Crippen LogP contribution is -2.44. The zero-order chi connectivity index (χ0) is 13.8. The van der Waals surface area contributed by atoms with Gasteiger partial charge < -0.3 is 10.2 Å². The normalized spacial score (nSPS) is 24.9. The number of morpholine rings is 1. The highest BCUT2D eigenvalue weighted by Crippen LogP contribution is 2.19. The number of rotatable bonds is 4. The molecule has 2 aliphatic heterocycles. The van der Waals surface area contributed by atoms with E-state index in [0.29, 0.717) is 6.04 Å². The molecule has 2 aliphatic rings. The van der Waals surface area contributed by atoms with Gasteiger partial charge in [0.05, 0.1) is 24.6 Å². The van der Waals surface area contributed by atoms with Crippen LogP contribution in [0.3, 0.4) is 0 Å². The summed E-state index contributed by atoms with van der Waals surface area (Å²) in [6.07, 6.45) is 3.05. The van der Waals surface area contributed by atoms with Gasteiger partial charge in [0.2, 0.25) is 0 Å². The van der Waals surface area contributed by atoms with Crippen molar-refractivity contribution in [3.8, 4) is 0 Å². The first-order chi connectivity index (χ1) is 9.85. The van der Waals surface area contributed by atoms with E-state index >= 15 is 0 Å². The van der Waals surface area contributed by atoms with E-state index < -0.39 is 0 Å². The van der Waals surface area contributed by atoms with Crippen molar-refractivity contribution >= 4 is 5.69 Å². The second-order valence-corrected chi connectivity index (χ2v) is 5.51. The van der Waals surface area contributed by atoms with Crippen molar-refractivity contribution in [3.63, 3.8) is 0 Å². The number of nitrogens with one attached hydrogen (secondary N) is 1. The third-order valence-electron chi connectivity index (χ3n) is 4.18. The summed E-state index contributed by atoms with van der Waals surface area (Å²) < 4.78 is 5.42. The van der Waals surface area contributed by atoms with Gasteiger partial charge in [-0.2, -0.15) is 0 Å². The highest BCUT2D eigenvalue weighted by atomic mass is 16.5. The second kappa shape index (κ2) is 6.49. The molecule has 0 amide bonds. The molecule has 0 aromatic carbocycles. The van der Waals surface area contributed by atoms with Crippen LogP contribution in [0.5, 0.6) is 0 Å². The molecule has 0 saturated carbocycles. The predicted octanol–water partition coefficient (Wildman–Crippen LogP) is 0.274. The van der Waals surface area contributed by atoms with E-state index in [1.807, 2.05) is 12.1 Å². The summed E-state index contributed by atoms with van der Waals surface area (Å²) in [4.78, 5) is 9.46. The monoisotopic (exact) mass is 277 g/mol. The van der Waals surface area contributed by atoms with Crippen LogP contribution in [0.15, 0.2) is 18.3 Å². The van der Waals surface area contributed by atoms with E-state index in [1.54, 1.807) is 6.20 Å². The number of likely N-dealkylation sites (tertiary alicyclic amines) is 1. The minimum atomic E-state index is 0.676. The van der Waals surface area contributed by atoms with Gasteiger partial charge in [-0.25, -0.2) is 0 Å². The average Bonchev–Trinajstić information content (AvgIpc) is 2.97. The minimum absolute atomic E-state index is 0.676. The summed E-state index contributed by atoms with van der Waals surface area (Å²) >= 11 is 0. The number of aromatic nitrogens is 1. The van der Waals surface area contributed by atoms with Crippen molar-refractivity contribution < 1.29 is 4.74 Å². The van der Waals surface area contributed by atoms with Gasteiger partial charge in [0.15, 0.2) is 0 Å². The van der Waals surface area contributed by atoms with Crippen molar-refractivity contribution in [1.29, 1.82) is 0 Å². The van der Waals surface area contributed by atoms with Gasteiger partial charge in [-0.05, 0) is 18.6 Å². The van der Waals surface area contributed by atoms with Gasteiger partial charge in [-0.3, -0.25) is 20.6 Å². The lowest BCUT2D eigenvalue weighted by molar-refractivity contribution is 0.0183. The number of nitrogens with two attached hydrogens (primary N) is 1. The number of nitrogens with zero attached hydrogens (tertiary/aromatic N) is 3. The largest absolute Gasteiger partial charge is 0.379 e. The van der Waals surface area contributed by atoms with Crippen molar-refractivity contribution in [1.82, 2.24) is 14.8 Å². The Hall–Kier alpha value is -1.21. The summed E-state index contributed by atoms with van der Waals surface area (Å²) in [7, 11) is 0. The zero-order valence-electron chi connectivity index (χ0n) is 11.8. The van der Waals surface area contributed by atoms with Gasteiger partial charge in [0, 0.05) is 45.0 Å². The molecule has 110 valence electrons. The lowest BCUT2D eigenvalue weighted by Gasteiger charge is -2.32. The maximum Gasteiger partial charge on any atom is 0.0594 e. The van der Waals surface area contributed by atoms with Crippen molar-refractivity contribution in [2.75, 3.05) is 44.8 Å². The molecule has 0 bridgehead atoms. The zero-order valence-corrected chi connectivity index (χ0v) is 11.8. The van der Waals surface area contributed by atoms with Crippen LogP contribution in [0, 0.1) is 0 Å². The molecular weight excluding hydrogens is 254 g/mol. The molecule has 1 atom stereocenters. The Labute approximate surface area is 119 Å². The van der Waals surface area contributed by atoms with Gasteiger partial charge in [0.1, 0.15) is 0 Å². The van der Waals surface area contributed by atoms with E-state index in [-0.39, 0.29) is 0 Å². The molecule has 1 unspecified atom stereocenters. The van der Waals surface area contributed by atoms with Crippen LogP contribution < -0.4 is 11.3 Å². The van der Waals surface area contributed by atoms with E-state index in [0.717, 1.165) is 57.3 Å². The van der Waals surface area contributed by atoms with Crippen LogP contribution in [-0.2, 0) is 11.3 Å². The van der Waals surface area contributed by atoms with Gasteiger partial charge >= 0.3 is 0 Å². The first kappa shape index (κ1) is 13.8. The highest BCUT2D eigenvalue weighted by molar-refractivity contribution is 5.41. The first-order valence-corrected chi connectivity index (χ1v) is 7.31. The SMILES string of the molecule is NNc1ccnc(CN2CCC(N3CCOCC3)C2)c1. The summed E-state index contributed by atoms with van der Waals surface area (Å²) in [5.74, 6) is 5.44. The van der Waals surface area contributed by atoms with E-state index in [4.69, 9.17) is 10.6 Å². The maximum absolute atomic E-state index is 5.44. The fourth-order valence-electron chi connectivity index (χ4n) is 3.08. The van der Waals surface area contributed by atoms with Crippen molar-refractivity contribution in [2.24, 2.45) is 5.84 Å². The molecular formula is C14H23N5O. The molecule has 6 nitrogen and oxygen atoms in total. The lowest BCUT2D eigenvalue weighted by atomic mass is 10.2. The number of hydrogen-bond acceptors (Lipinski definition) is 6. The number of ether oxygens (including phenoxy) is 1. The van der Waals surface area contributed by atoms with Gasteiger partial charge in [-0.15, -0.1) is 0 Å². The van der Waals surface area contributed by atoms with Crippen molar-refractivity contribution in [2.45, 2.75) is 19.0 Å². The van der Waals surface area contributed by atoms with Gasteiger partial charge in [-0.1, -0.05) is 0 Å². The first-order valence-electron chi connectivity index (χ1n) is 7.31. The van der Waals surface area contributed by atoms with Crippen LogP contribution in [-0.4, -0.2) is 60.2 Å². The Morgan fingerprint density at radius 1 is 1.35 bits per heavy atom. The quantitative estimate of drug-likeness (QED) is 0.608. The fourth-order valence-corrected chi connectivity index (χ4v) is 3.08. The molecule has 0 aliphatic carbocycles. The van der Waals surface area contributed by atoms with Crippen molar-refractivity contribution in [3.05, 3.63) is 24.0 Å². The molecule has 20 heavy (non-hydrogen) atoms. The third kappa shape index (κ3) is 3.27. The van der Waals surface area contributed by atoms with Gasteiger partial charge in [0.25, 0.3) is 0 Å². The predicted molar refractivity (Wildman–Crippen MR) is 78.1 cm³/mol. The summed E-state index contributed by atoms with van der Waals surface area (Å²) in [5.41, 5.74) is 4.66. The maximum atomic E-state index is 5.44. The standard InChI is InChI=1S/C14H23N5O/c15-17-12-1-3-16-13(9-12)10-18-4-2-14(11-18)19-5-7-20-8-6-19/h1,3,9,14H,2,4-8,10-11,15H2,(H,16,17). The smallest absolute Gasteiger partial charge is 0.0594 e. The fraction of sp³-hybridized carbons (Fsp3) is 0.643. The highest BCUT2D eigenvalue weighted by Gasteiger charge is 2.28. The number of anilines is 1. The van der Waals surface area contributed by atoms with E-state index in [1.165, 1.54) is 6.42 Å². The Kier molecular flexibility index (Phi) is 4.47. The third-order valence-corrected chi connectivity index (χ3v) is 4.18. The Morgan fingerprint density at radius 2 is 2.20 bits per heavy atom. The molecule has 3 N–H and O–H groups in total. The second-order valence-electron chi connectivity index (χ2n) is 5.51. The molecule has 0 spiro atoms. The Bertz CT molecular complexity index is 435.